The van der Waals surface area contributed by atoms with E-state index >= 15 is 0 Å². The van der Waals surface area contributed by atoms with Crippen LogP contribution in [0.25, 0.3) is 11.4 Å². The summed E-state index contributed by atoms with van der Waals surface area (Å²) >= 11 is 0. The van der Waals surface area contributed by atoms with Gasteiger partial charge >= 0.3 is 0 Å². The maximum Gasteiger partial charge on any atom is 0.256 e. The van der Waals surface area contributed by atoms with Gasteiger partial charge in [-0.05, 0) is 36.8 Å². The van der Waals surface area contributed by atoms with Crippen LogP contribution in [0.15, 0.2) is 67.0 Å². The number of benzene rings is 2. The van der Waals surface area contributed by atoms with Crippen molar-refractivity contribution in [3.8, 4) is 11.4 Å². The summed E-state index contributed by atoms with van der Waals surface area (Å²) in [6.45, 7) is 1.99. The van der Waals surface area contributed by atoms with Crippen LogP contribution < -0.4 is 5.32 Å². The molecular weight excluding hydrogens is 274 g/mol. The summed E-state index contributed by atoms with van der Waals surface area (Å²) in [6.07, 6.45) is 3.33. The minimum absolute atomic E-state index is 0.173. The third kappa shape index (κ3) is 3.01. The minimum Gasteiger partial charge on any atom is -0.322 e. The SMILES string of the molecule is Cc1cccc(NC(=O)c2ccccc2-c2ncccn2)c1. The predicted octanol–water partition coefficient (Wildman–Crippen LogP) is 3.70. The molecule has 3 rings (SSSR count). The maximum atomic E-state index is 12.6. The fourth-order valence-electron chi connectivity index (χ4n) is 2.24. The van der Waals surface area contributed by atoms with Crippen LogP contribution in [0.5, 0.6) is 0 Å². The first-order chi connectivity index (χ1) is 10.7. The third-order valence-electron chi connectivity index (χ3n) is 3.25. The molecule has 0 saturated carbocycles. The molecule has 0 aliphatic heterocycles. The molecule has 0 saturated heterocycles. The normalized spacial score (nSPS) is 10.2. The Morgan fingerprint density at radius 1 is 0.955 bits per heavy atom. The van der Waals surface area contributed by atoms with Crippen molar-refractivity contribution in [1.29, 1.82) is 0 Å². The van der Waals surface area contributed by atoms with E-state index in [9.17, 15) is 4.79 Å². The number of aryl methyl sites for hydroxylation is 1. The highest BCUT2D eigenvalue weighted by molar-refractivity contribution is 6.08. The smallest absolute Gasteiger partial charge is 0.256 e. The van der Waals surface area contributed by atoms with Gasteiger partial charge in [-0.2, -0.15) is 0 Å². The highest BCUT2D eigenvalue weighted by Crippen LogP contribution is 2.21. The molecule has 0 aliphatic rings. The number of amides is 1. The van der Waals surface area contributed by atoms with Gasteiger partial charge in [0, 0.05) is 23.6 Å². The Morgan fingerprint density at radius 2 is 1.73 bits per heavy atom. The second kappa shape index (κ2) is 6.18. The molecule has 1 aromatic heterocycles. The van der Waals surface area contributed by atoms with E-state index in [1.54, 1.807) is 24.5 Å². The van der Waals surface area contributed by atoms with E-state index in [1.165, 1.54) is 0 Å². The van der Waals surface area contributed by atoms with Gasteiger partial charge in [0.05, 0.1) is 5.56 Å². The summed E-state index contributed by atoms with van der Waals surface area (Å²) in [4.78, 5) is 21.0. The van der Waals surface area contributed by atoms with Crippen molar-refractivity contribution >= 4 is 11.6 Å². The second-order valence-corrected chi connectivity index (χ2v) is 4.94. The van der Waals surface area contributed by atoms with E-state index in [0.717, 1.165) is 11.3 Å². The Hall–Kier alpha value is -3.01. The van der Waals surface area contributed by atoms with E-state index < -0.39 is 0 Å². The summed E-state index contributed by atoms with van der Waals surface area (Å²) in [6, 6.07) is 16.8. The van der Waals surface area contributed by atoms with Crippen molar-refractivity contribution in [1.82, 2.24) is 9.97 Å². The fourth-order valence-corrected chi connectivity index (χ4v) is 2.24. The van der Waals surface area contributed by atoms with Gasteiger partial charge in [-0.3, -0.25) is 4.79 Å². The molecule has 4 heteroatoms. The molecule has 2 aromatic carbocycles. The lowest BCUT2D eigenvalue weighted by Crippen LogP contribution is -2.13. The summed E-state index contributed by atoms with van der Waals surface area (Å²) in [5.41, 5.74) is 3.13. The highest BCUT2D eigenvalue weighted by atomic mass is 16.1. The molecule has 22 heavy (non-hydrogen) atoms. The molecule has 1 amide bonds. The number of rotatable bonds is 3. The molecule has 108 valence electrons. The van der Waals surface area contributed by atoms with Gasteiger partial charge in [-0.15, -0.1) is 0 Å². The third-order valence-corrected chi connectivity index (χ3v) is 3.25. The molecule has 3 aromatic rings. The number of hydrogen-bond acceptors (Lipinski definition) is 3. The molecule has 0 aliphatic carbocycles. The van der Waals surface area contributed by atoms with Gasteiger partial charge in [0.25, 0.3) is 5.91 Å². The van der Waals surface area contributed by atoms with E-state index in [4.69, 9.17) is 0 Å². The Balaban J connectivity index is 1.93. The first-order valence-corrected chi connectivity index (χ1v) is 6.98. The number of carbonyl (C=O) groups is 1. The van der Waals surface area contributed by atoms with Crippen molar-refractivity contribution in [2.24, 2.45) is 0 Å². The van der Waals surface area contributed by atoms with Crippen LogP contribution in [-0.4, -0.2) is 15.9 Å². The van der Waals surface area contributed by atoms with E-state index in [1.807, 2.05) is 49.4 Å². The van der Waals surface area contributed by atoms with Crippen molar-refractivity contribution in [3.63, 3.8) is 0 Å². The second-order valence-electron chi connectivity index (χ2n) is 4.94. The van der Waals surface area contributed by atoms with E-state index in [-0.39, 0.29) is 5.91 Å². The van der Waals surface area contributed by atoms with Crippen LogP contribution >= 0.6 is 0 Å². The average Bonchev–Trinajstić information content (AvgIpc) is 2.56. The Bertz CT molecular complexity index is 800. The molecule has 0 unspecified atom stereocenters. The zero-order chi connectivity index (χ0) is 15.4. The lowest BCUT2D eigenvalue weighted by molar-refractivity contribution is 0.102. The Kier molecular flexibility index (Phi) is 3.92. The minimum atomic E-state index is -0.173. The van der Waals surface area contributed by atoms with Gasteiger partial charge in [0.1, 0.15) is 0 Å². The molecular formula is C18H15N3O. The van der Waals surface area contributed by atoms with Crippen LogP contribution in [0.1, 0.15) is 15.9 Å². The number of carbonyl (C=O) groups excluding carboxylic acids is 1. The first kappa shape index (κ1) is 13.9. The number of hydrogen-bond donors (Lipinski definition) is 1. The number of aromatic nitrogens is 2. The molecule has 0 radical (unpaired) electrons. The van der Waals surface area contributed by atoms with Crippen LogP contribution in [0.2, 0.25) is 0 Å². The Labute approximate surface area is 128 Å². The highest BCUT2D eigenvalue weighted by Gasteiger charge is 2.14. The van der Waals surface area contributed by atoms with Crippen molar-refractivity contribution < 1.29 is 4.79 Å². The molecule has 0 spiro atoms. The number of nitrogens with one attached hydrogen (secondary N) is 1. The maximum absolute atomic E-state index is 12.6. The van der Waals surface area contributed by atoms with Crippen LogP contribution in [0.4, 0.5) is 5.69 Å². The zero-order valence-electron chi connectivity index (χ0n) is 12.2. The van der Waals surface area contributed by atoms with Crippen LogP contribution in [0.3, 0.4) is 0 Å². The largest absolute Gasteiger partial charge is 0.322 e. The molecule has 4 nitrogen and oxygen atoms in total. The quantitative estimate of drug-likeness (QED) is 0.799. The molecule has 0 atom stereocenters. The van der Waals surface area contributed by atoms with Gasteiger partial charge in [0.2, 0.25) is 0 Å². The summed E-state index contributed by atoms with van der Waals surface area (Å²) in [5.74, 6) is 0.367. The predicted molar refractivity (Wildman–Crippen MR) is 86.6 cm³/mol. The van der Waals surface area contributed by atoms with Gasteiger partial charge < -0.3 is 5.32 Å². The molecule has 0 bridgehead atoms. The van der Waals surface area contributed by atoms with Crippen LogP contribution in [-0.2, 0) is 0 Å². The topological polar surface area (TPSA) is 54.9 Å². The number of nitrogens with zero attached hydrogens (tertiary/aromatic N) is 2. The Morgan fingerprint density at radius 3 is 2.50 bits per heavy atom. The summed E-state index contributed by atoms with van der Waals surface area (Å²) < 4.78 is 0. The van der Waals surface area contributed by atoms with Crippen LogP contribution in [0, 0.1) is 6.92 Å². The lowest BCUT2D eigenvalue weighted by atomic mass is 10.1. The van der Waals surface area contributed by atoms with Gasteiger partial charge in [-0.1, -0.05) is 30.3 Å². The van der Waals surface area contributed by atoms with Gasteiger partial charge in [0.15, 0.2) is 5.82 Å². The van der Waals surface area contributed by atoms with Crippen molar-refractivity contribution in [2.45, 2.75) is 6.92 Å². The summed E-state index contributed by atoms with van der Waals surface area (Å²) in [5, 5.41) is 2.91. The molecule has 1 heterocycles. The van der Waals surface area contributed by atoms with Crippen molar-refractivity contribution in [2.75, 3.05) is 5.32 Å². The van der Waals surface area contributed by atoms with E-state index in [0.29, 0.717) is 17.0 Å². The van der Waals surface area contributed by atoms with E-state index in [2.05, 4.69) is 15.3 Å². The summed E-state index contributed by atoms with van der Waals surface area (Å²) in [7, 11) is 0. The lowest BCUT2D eigenvalue weighted by Gasteiger charge is -2.09. The zero-order valence-corrected chi connectivity index (χ0v) is 12.2. The standard InChI is InChI=1S/C18H15N3O/c1-13-6-4-7-14(12-13)21-18(22)16-9-3-2-8-15(16)17-19-10-5-11-20-17/h2-12H,1H3,(H,21,22). The average molecular weight is 289 g/mol. The molecule has 1 N–H and O–H groups in total. The van der Waals surface area contributed by atoms with Crippen molar-refractivity contribution in [3.05, 3.63) is 78.1 Å². The fraction of sp³-hybridized carbons (Fsp3) is 0.0556. The first-order valence-electron chi connectivity index (χ1n) is 6.98. The molecule has 0 fully saturated rings. The monoisotopic (exact) mass is 289 g/mol. The van der Waals surface area contributed by atoms with Gasteiger partial charge in [-0.25, -0.2) is 9.97 Å². The number of anilines is 1.